The summed E-state index contributed by atoms with van der Waals surface area (Å²) in [6.45, 7) is 0.243. The number of benzene rings is 2. The summed E-state index contributed by atoms with van der Waals surface area (Å²) in [4.78, 5) is 12.1. The minimum absolute atomic E-state index is 0.107. The van der Waals surface area contributed by atoms with Gasteiger partial charge in [-0.25, -0.2) is 12.8 Å². The molecule has 2 aromatic carbocycles. The van der Waals surface area contributed by atoms with Gasteiger partial charge in [0.25, 0.3) is 5.91 Å². The van der Waals surface area contributed by atoms with Crippen LogP contribution in [0.1, 0.15) is 33.7 Å². The molecule has 0 saturated carbocycles. The van der Waals surface area contributed by atoms with Gasteiger partial charge in [-0.15, -0.1) is 10.2 Å². The van der Waals surface area contributed by atoms with Gasteiger partial charge in [-0.1, -0.05) is 35.1 Å². The number of rotatable bonds is 5. The van der Waals surface area contributed by atoms with E-state index in [-0.39, 0.29) is 16.4 Å². The minimum Gasteiger partial charge on any atom is -0.320 e. The van der Waals surface area contributed by atoms with Crippen LogP contribution in [-0.4, -0.2) is 35.4 Å². The van der Waals surface area contributed by atoms with Gasteiger partial charge in [-0.2, -0.15) is 4.31 Å². The van der Waals surface area contributed by atoms with E-state index in [1.165, 1.54) is 22.5 Å². The maximum atomic E-state index is 14.1. The molecular formula is C19H16ClFN4O3S2. The molecule has 0 unspecified atom stereocenters. The van der Waals surface area contributed by atoms with Crippen LogP contribution >= 0.6 is 22.9 Å². The fraction of sp³-hybridized carbons (Fsp3) is 0.211. The van der Waals surface area contributed by atoms with Crippen LogP contribution in [0.5, 0.6) is 0 Å². The van der Waals surface area contributed by atoms with Gasteiger partial charge < -0.3 is 5.32 Å². The number of hydrogen-bond acceptors (Lipinski definition) is 6. The third-order valence-electron chi connectivity index (χ3n) is 4.65. The predicted octanol–water partition coefficient (Wildman–Crippen LogP) is 4.11. The molecule has 11 heteroatoms. The van der Waals surface area contributed by atoms with Gasteiger partial charge in [-0.3, -0.25) is 4.79 Å². The van der Waals surface area contributed by atoms with Crippen molar-refractivity contribution in [2.75, 3.05) is 11.9 Å². The number of sulfonamides is 1. The molecule has 1 aliphatic rings. The minimum atomic E-state index is -4.05. The van der Waals surface area contributed by atoms with Crippen molar-refractivity contribution in [1.29, 1.82) is 0 Å². The molecule has 3 aromatic rings. The molecule has 1 aliphatic heterocycles. The molecule has 1 N–H and O–H groups in total. The van der Waals surface area contributed by atoms with Gasteiger partial charge in [0, 0.05) is 17.3 Å². The topological polar surface area (TPSA) is 92.3 Å². The van der Waals surface area contributed by atoms with E-state index >= 15 is 0 Å². The molecule has 156 valence electrons. The molecule has 7 nitrogen and oxygen atoms in total. The standard InChI is InChI=1S/C19H16ClFN4O3S2/c20-12-7-9-13(10-8-12)22-17(26)19-24-23-18(29-19)15-5-3-11-25(15)30(27,28)16-6-2-1-4-14(16)21/h1-2,4,6-10,15H,3,5,11H2,(H,22,26)/t15-/m1/s1. The van der Waals surface area contributed by atoms with E-state index in [1.54, 1.807) is 24.3 Å². The largest absolute Gasteiger partial charge is 0.320 e. The van der Waals surface area contributed by atoms with Gasteiger partial charge in [0.05, 0.1) is 6.04 Å². The predicted molar refractivity (Wildman–Crippen MR) is 112 cm³/mol. The van der Waals surface area contributed by atoms with Gasteiger partial charge >= 0.3 is 0 Å². The lowest BCUT2D eigenvalue weighted by molar-refractivity contribution is 0.102. The summed E-state index contributed by atoms with van der Waals surface area (Å²) in [5.41, 5.74) is 0.547. The Labute approximate surface area is 181 Å². The van der Waals surface area contributed by atoms with E-state index < -0.39 is 27.8 Å². The Morgan fingerprint density at radius 2 is 1.90 bits per heavy atom. The van der Waals surface area contributed by atoms with Crippen molar-refractivity contribution in [1.82, 2.24) is 14.5 Å². The van der Waals surface area contributed by atoms with E-state index in [4.69, 9.17) is 11.6 Å². The van der Waals surface area contributed by atoms with Gasteiger partial charge in [0.15, 0.2) is 0 Å². The summed E-state index contributed by atoms with van der Waals surface area (Å²) in [6.07, 6.45) is 1.12. The summed E-state index contributed by atoms with van der Waals surface area (Å²) in [6, 6.07) is 11.3. The highest BCUT2D eigenvalue weighted by Gasteiger charge is 2.39. The Morgan fingerprint density at radius 1 is 1.17 bits per heavy atom. The third-order valence-corrected chi connectivity index (χ3v) is 7.87. The number of hydrogen-bond donors (Lipinski definition) is 1. The average molecular weight is 467 g/mol. The van der Waals surface area contributed by atoms with Crippen LogP contribution in [0.3, 0.4) is 0 Å². The maximum Gasteiger partial charge on any atom is 0.286 e. The highest BCUT2D eigenvalue weighted by molar-refractivity contribution is 7.89. The van der Waals surface area contributed by atoms with Crippen molar-refractivity contribution in [2.24, 2.45) is 0 Å². The van der Waals surface area contributed by atoms with Crippen LogP contribution in [-0.2, 0) is 10.0 Å². The second-order valence-corrected chi connectivity index (χ2v) is 9.92. The molecule has 0 spiro atoms. The van der Waals surface area contributed by atoms with E-state index in [9.17, 15) is 17.6 Å². The van der Waals surface area contributed by atoms with Gasteiger partial charge in [0.2, 0.25) is 15.0 Å². The molecule has 4 rings (SSSR count). The molecule has 1 amide bonds. The lowest BCUT2D eigenvalue weighted by Gasteiger charge is -2.22. The van der Waals surface area contributed by atoms with E-state index in [2.05, 4.69) is 15.5 Å². The van der Waals surface area contributed by atoms with Crippen molar-refractivity contribution in [3.63, 3.8) is 0 Å². The first-order valence-corrected chi connectivity index (χ1v) is 11.7. The molecule has 30 heavy (non-hydrogen) atoms. The first kappa shape index (κ1) is 20.9. The van der Waals surface area contributed by atoms with Crippen LogP contribution < -0.4 is 5.32 Å². The number of halogens is 2. The summed E-state index contributed by atoms with van der Waals surface area (Å²) in [7, 11) is -4.05. The summed E-state index contributed by atoms with van der Waals surface area (Å²) in [5, 5.41) is 11.7. The highest BCUT2D eigenvalue weighted by atomic mass is 35.5. The Kier molecular flexibility index (Phi) is 5.83. The molecule has 1 fully saturated rings. The Bertz CT molecular complexity index is 1180. The molecular weight excluding hydrogens is 451 g/mol. The second-order valence-electron chi connectivity index (χ2n) is 6.61. The Morgan fingerprint density at radius 3 is 2.63 bits per heavy atom. The zero-order valence-corrected chi connectivity index (χ0v) is 17.8. The number of anilines is 1. The molecule has 0 aliphatic carbocycles. The SMILES string of the molecule is O=C(Nc1ccc(Cl)cc1)c1nnc([C@H]2CCCN2S(=O)(=O)c2ccccc2F)s1. The summed E-state index contributed by atoms with van der Waals surface area (Å²) < 4.78 is 41.3. The van der Waals surface area contributed by atoms with Crippen molar-refractivity contribution in [3.8, 4) is 0 Å². The maximum absolute atomic E-state index is 14.1. The van der Waals surface area contributed by atoms with E-state index in [0.29, 0.717) is 28.6 Å². The molecule has 1 atom stereocenters. The zero-order chi connectivity index (χ0) is 21.3. The average Bonchev–Trinajstić information content (AvgIpc) is 3.39. The van der Waals surface area contributed by atoms with Crippen LogP contribution in [0.15, 0.2) is 53.4 Å². The number of nitrogens with zero attached hydrogens (tertiary/aromatic N) is 3. The smallest absolute Gasteiger partial charge is 0.286 e. The molecule has 0 radical (unpaired) electrons. The summed E-state index contributed by atoms with van der Waals surface area (Å²) in [5.74, 6) is -1.26. The van der Waals surface area contributed by atoms with Crippen molar-refractivity contribution >= 4 is 44.6 Å². The van der Waals surface area contributed by atoms with Crippen LogP contribution in [0.25, 0.3) is 0 Å². The lowest BCUT2D eigenvalue weighted by Crippen LogP contribution is -2.31. The number of carbonyl (C=O) groups excluding carboxylic acids is 1. The van der Waals surface area contributed by atoms with Gasteiger partial charge in [-0.05, 0) is 49.2 Å². The van der Waals surface area contributed by atoms with Crippen molar-refractivity contribution in [3.05, 3.63) is 69.4 Å². The number of carbonyl (C=O) groups is 1. The zero-order valence-electron chi connectivity index (χ0n) is 15.5. The number of nitrogens with one attached hydrogen (secondary N) is 1. The normalized spacial score (nSPS) is 17.2. The lowest BCUT2D eigenvalue weighted by atomic mass is 10.2. The number of amides is 1. The fourth-order valence-corrected chi connectivity index (χ4v) is 6.04. The first-order valence-electron chi connectivity index (χ1n) is 9.03. The summed E-state index contributed by atoms with van der Waals surface area (Å²) >= 11 is 6.86. The molecule has 0 bridgehead atoms. The molecule has 1 aromatic heterocycles. The van der Waals surface area contributed by atoms with Crippen molar-refractivity contribution < 1.29 is 17.6 Å². The monoisotopic (exact) mass is 466 g/mol. The third kappa shape index (κ3) is 4.08. The van der Waals surface area contributed by atoms with Crippen LogP contribution in [0, 0.1) is 5.82 Å². The van der Waals surface area contributed by atoms with Crippen molar-refractivity contribution in [2.45, 2.75) is 23.8 Å². The molecule has 1 saturated heterocycles. The van der Waals surface area contributed by atoms with E-state index in [0.717, 1.165) is 17.4 Å². The van der Waals surface area contributed by atoms with Gasteiger partial charge in [0.1, 0.15) is 15.7 Å². The quantitative estimate of drug-likeness (QED) is 0.611. The Balaban J connectivity index is 1.55. The molecule has 2 heterocycles. The van der Waals surface area contributed by atoms with Crippen LogP contribution in [0.2, 0.25) is 5.02 Å². The van der Waals surface area contributed by atoms with Crippen LogP contribution in [0.4, 0.5) is 10.1 Å². The number of aromatic nitrogens is 2. The Hall–Kier alpha value is -2.40. The highest BCUT2D eigenvalue weighted by Crippen LogP contribution is 2.38. The van der Waals surface area contributed by atoms with E-state index in [1.807, 2.05) is 0 Å². The second kappa shape index (κ2) is 8.38. The fourth-order valence-electron chi connectivity index (χ4n) is 3.23. The first-order chi connectivity index (χ1) is 14.4.